The number of thiophene rings is 1. The summed E-state index contributed by atoms with van der Waals surface area (Å²) in [4.78, 5) is 19.0. The molecule has 10 heteroatoms. The second-order valence-corrected chi connectivity index (χ2v) is 8.54. The fourth-order valence-electron chi connectivity index (χ4n) is 2.88. The van der Waals surface area contributed by atoms with Gasteiger partial charge in [0.05, 0.1) is 37.2 Å². The Kier molecular flexibility index (Phi) is 5.66. The van der Waals surface area contributed by atoms with E-state index in [0.717, 1.165) is 16.6 Å². The van der Waals surface area contributed by atoms with Gasteiger partial charge in [-0.05, 0) is 55.0 Å². The van der Waals surface area contributed by atoms with E-state index in [2.05, 4.69) is 20.5 Å². The predicted molar refractivity (Wildman–Crippen MR) is 125 cm³/mol. The number of halogens is 2. The van der Waals surface area contributed by atoms with E-state index in [4.69, 9.17) is 35.4 Å². The number of amides is 1. The van der Waals surface area contributed by atoms with Crippen LogP contribution in [0.5, 0.6) is 5.75 Å². The van der Waals surface area contributed by atoms with Crippen LogP contribution in [-0.2, 0) is 0 Å². The van der Waals surface area contributed by atoms with E-state index in [1.807, 2.05) is 0 Å². The maximum absolute atomic E-state index is 12.5. The summed E-state index contributed by atoms with van der Waals surface area (Å²) in [5.41, 5.74) is 6.21. The van der Waals surface area contributed by atoms with Gasteiger partial charge >= 0.3 is 0 Å². The summed E-state index contributed by atoms with van der Waals surface area (Å²) in [5, 5.41) is 17.4. The Balaban J connectivity index is 1.55. The Labute approximate surface area is 190 Å². The van der Waals surface area contributed by atoms with Crippen molar-refractivity contribution in [1.82, 2.24) is 15.4 Å². The monoisotopic (exact) mass is 476 g/mol. The molecule has 152 valence electrons. The van der Waals surface area contributed by atoms with Crippen molar-refractivity contribution >= 4 is 69.4 Å². The minimum atomic E-state index is -0.379. The van der Waals surface area contributed by atoms with Gasteiger partial charge in [0.1, 0.15) is 5.75 Å². The lowest BCUT2D eigenvalue weighted by atomic mass is 10.1. The molecule has 2 aromatic heterocycles. The van der Waals surface area contributed by atoms with Crippen molar-refractivity contribution in [3.63, 3.8) is 0 Å². The normalized spacial score (nSPS) is 11.8. The molecule has 1 amide bonds. The number of carbonyl (C=O) groups is 1. The van der Waals surface area contributed by atoms with Crippen molar-refractivity contribution in [1.29, 1.82) is 0 Å². The summed E-state index contributed by atoms with van der Waals surface area (Å²) in [6, 6.07) is 10.3. The van der Waals surface area contributed by atoms with Gasteiger partial charge in [0.15, 0.2) is 4.77 Å². The molecule has 0 aliphatic heterocycles. The fourth-order valence-corrected chi connectivity index (χ4v) is 4.40. The van der Waals surface area contributed by atoms with Gasteiger partial charge in [0, 0.05) is 10.9 Å². The molecule has 0 unspecified atom stereocenters. The van der Waals surface area contributed by atoms with Crippen LogP contribution in [0.15, 0.2) is 46.9 Å². The number of nitrogens with one attached hydrogen (secondary N) is 3. The molecule has 4 N–H and O–H groups in total. The smallest absolute Gasteiger partial charge is 0.271 e. The van der Waals surface area contributed by atoms with Gasteiger partial charge in [-0.1, -0.05) is 29.3 Å². The molecule has 0 aliphatic rings. The van der Waals surface area contributed by atoms with E-state index < -0.39 is 0 Å². The van der Waals surface area contributed by atoms with Crippen molar-refractivity contribution in [3.8, 4) is 16.2 Å². The minimum Gasteiger partial charge on any atom is -0.506 e. The van der Waals surface area contributed by atoms with Crippen LogP contribution < -0.4 is 5.43 Å². The zero-order valence-electron chi connectivity index (χ0n) is 15.4. The molecule has 0 aliphatic carbocycles. The first-order valence-electron chi connectivity index (χ1n) is 8.66. The maximum Gasteiger partial charge on any atom is 0.271 e. The number of aromatic nitrogens is 2. The maximum atomic E-state index is 12.5. The van der Waals surface area contributed by atoms with Gasteiger partial charge in [-0.25, -0.2) is 5.43 Å². The Morgan fingerprint density at radius 2 is 1.90 bits per heavy atom. The lowest BCUT2D eigenvalue weighted by molar-refractivity contribution is 0.0955. The second kappa shape index (κ2) is 8.23. The number of aromatic amines is 2. The molecule has 0 bridgehead atoms. The predicted octanol–water partition coefficient (Wildman–Crippen LogP) is 6.12. The molecular weight excluding hydrogens is 463 g/mol. The molecular formula is C20H14Cl2N4O2S2. The van der Waals surface area contributed by atoms with E-state index in [9.17, 15) is 9.90 Å². The van der Waals surface area contributed by atoms with Crippen LogP contribution in [0.3, 0.4) is 0 Å². The molecule has 0 saturated carbocycles. The Morgan fingerprint density at radius 1 is 1.13 bits per heavy atom. The summed E-state index contributed by atoms with van der Waals surface area (Å²) >= 11 is 18.4. The number of hydrogen-bond acceptors (Lipinski definition) is 5. The summed E-state index contributed by atoms with van der Waals surface area (Å²) in [6.07, 6.45) is 0. The van der Waals surface area contributed by atoms with E-state index in [1.165, 1.54) is 11.3 Å². The number of rotatable bonds is 4. The van der Waals surface area contributed by atoms with Gasteiger partial charge in [-0.3, -0.25) is 4.79 Å². The average molecular weight is 477 g/mol. The number of hydrogen-bond donors (Lipinski definition) is 4. The number of nitrogens with zero attached hydrogens (tertiary/aromatic N) is 1. The van der Waals surface area contributed by atoms with Crippen molar-refractivity contribution in [2.45, 2.75) is 6.92 Å². The number of fused-ring (bicyclic) bond motifs is 1. The van der Waals surface area contributed by atoms with Crippen LogP contribution in [-0.4, -0.2) is 26.7 Å². The molecule has 4 aromatic rings. The number of H-pyrrole nitrogens is 2. The number of aromatic hydroxyl groups is 1. The largest absolute Gasteiger partial charge is 0.506 e. The SMILES string of the molecule is CC(=NNC(=O)c1ccc2[nH]c(=S)[nH]c2c1)c1csc(-c2ccc(Cl)c(Cl)c2)c1O. The first kappa shape index (κ1) is 20.6. The summed E-state index contributed by atoms with van der Waals surface area (Å²) in [5.74, 6) is -0.314. The molecule has 0 radical (unpaired) electrons. The van der Waals surface area contributed by atoms with Gasteiger partial charge < -0.3 is 15.1 Å². The molecule has 0 spiro atoms. The van der Waals surface area contributed by atoms with Crippen molar-refractivity contribution in [2.75, 3.05) is 0 Å². The molecule has 4 rings (SSSR count). The topological polar surface area (TPSA) is 93.3 Å². The Hall–Kier alpha value is -2.65. The lowest BCUT2D eigenvalue weighted by Gasteiger charge is -2.04. The third-order valence-corrected chi connectivity index (χ3v) is 6.40. The van der Waals surface area contributed by atoms with Crippen LogP contribution in [0.4, 0.5) is 0 Å². The lowest BCUT2D eigenvalue weighted by Crippen LogP contribution is -2.19. The second-order valence-electron chi connectivity index (χ2n) is 6.43. The van der Waals surface area contributed by atoms with Crippen molar-refractivity contribution in [3.05, 3.63) is 67.7 Å². The van der Waals surface area contributed by atoms with Gasteiger partial charge in [0.25, 0.3) is 5.91 Å². The van der Waals surface area contributed by atoms with Crippen LogP contribution in [0, 0.1) is 4.77 Å². The number of benzene rings is 2. The molecule has 0 atom stereocenters. The Bertz CT molecular complexity index is 1370. The first-order chi connectivity index (χ1) is 14.3. The number of hydrazone groups is 1. The van der Waals surface area contributed by atoms with Gasteiger partial charge in [-0.2, -0.15) is 5.10 Å². The molecule has 0 saturated heterocycles. The van der Waals surface area contributed by atoms with E-state index in [0.29, 0.717) is 36.5 Å². The third kappa shape index (κ3) is 3.99. The average Bonchev–Trinajstić information content (AvgIpc) is 3.29. The minimum absolute atomic E-state index is 0.0650. The highest BCUT2D eigenvalue weighted by Crippen LogP contribution is 2.40. The molecule has 2 heterocycles. The highest BCUT2D eigenvalue weighted by Gasteiger charge is 2.16. The molecule has 0 fully saturated rings. The molecule has 6 nitrogen and oxygen atoms in total. The standard InChI is InChI=1S/C20H14Cl2N4O2S2/c1-9(12-8-30-18(17(12)27)10-2-4-13(21)14(22)6-10)25-26-19(28)11-3-5-15-16(7-11)24-20(29)23-15/h2-8,27H,1H3,(H,26,28)(H2,23,24,29). The van der Waals surface area contributed by atoms with E-state index in [-0.39, 0.29) is 11.7 Å². The van der Waals surface area contributed by atoms with E-state index >= 15 is 0 Å². The van der Waals surface area contributed by atoms with Crippen molar-refractivity contribution in [2.24, 2.45) is 5.10 Å². The highest BCUT2D eigenvalue weighted by atomic mass is 35.5. The summed E-state index contributed by atoms with van der Waals surface area (Å²) in [6.45, 7) is 1.70. The Morgan fingerprint density at radius 3 is 2.67 bits per heavy atom. The van der Waals surface area contributed by atoms with Crippen LogP contribution in [0.25, 0.3) is 21.5 Å². The summed E-state index contributed by atoms with van der Waals surface area (Å²) in [7, 11) is 0. The quantitative estimate of drug-likeness (QED) is 0.162. The molecule has 2 aromatic carbocycles. The third-order valence-electron chi connectivity index (χ3n) is 4.44. The number of carbonyl (C=O) groups excluding carboxylic acids is 1. The highest BCUT2D eigenvalue weighted by molar-refractivity contribution is 7.71. The number of imidazole rings is 1. The first-order valence-corrected chi connectivity index (χ1v) is 10.7. The van der Waals surface area contributed by atoms with Crippen LogP contribution >= 0.6 is 46.8 Å². The van der Waals surface area contributed by atoms with Crippen LogP contribution in [0.1, 0.15) is 22.8 Å². The van der Waals surface area contributed by atoms with Crippen molar-refractivity contribution < 1.29 is 9.90 Å². The van der Waals surface area contributed by atoms with Gasteiger partial charge in [0.2, 0.25) is 0 Å². The fraction of sp³-hybridized carbons (Fsp3) is 0.0500. The van der Waals surface area contributed by atoms with Crippen LogP contribution in [0.2, 0.25) is 10.0 Å². The summed E-state index contributed by atoms with van der Waals surface area (Å²) < 4.78 is 0.488. The van der Waals surface area contributed by atoms with Gasteiger partial charge in [-0.15, -0.1) is 11.3 Å². The zero-order chi connectivity index (χ0) is 21.4. The van der Waals surface area contributed by atoms with E-state index in [1.54, 1.807) is 48.7 Å². The molecule has 30 heavy (non-hydrogen) atoms. The zero-order valence-corrected chi connectivity index (χ0v) is 18.6.